The quantitative estimate of drug-likeness (QED) is 0.811. The Hall–Kier alpha value is -1.15. The van der Waals surface area contributed by atoms with Crippen LogP contribution in [0.1, 0.15) is 59.2 Å². The second-order valence-corrected chi connectivity index (χ2v) is 5.67. The monoisotopic (exact) mass is 246 g/mol. The summed E-state index contributed by atoms with van der Waals surface area (Å²) in [6.07, 6.45) is 4.25. The van der Waals surface area contributed by atoms with Crippen LogP contribution < -0.4 is 0 Å². The van der Waals surface area contributed by atoms with Crippen molar-refractivity contribution in [3.8, 4) is 0 Å². The molecule has 18 heavy (non-hydrogen) atoms. The Morgan fingerprint density at radius 3 is 2.17 bits per heavy atom. The van der Waals surface area contributed by atoms with E-state index in [1.165, 1.54) is 5.56 Å². The Balaban J connectivity index is 2.36. The lowest BCUT2D eigenvalue weighted by molar-refractivity contribution is 0.0115. The largest absolute Gasteiger partial charge is 0.382 e. The zero-order chi connectivity index (χ0) is 13.3. The van der Waals surface area contributed by atoms with Crippen molar-refractivity contribution in [3.63, 3.8) is 0 Å². The third-order valence-electron chi connectivity index (χ3n) is 4.19. The summed E-state index contributed by atoms with van der Waals surface area (Å²) in [7, 11) is 0. The summed E-state index contributed by atoms with van der Waals surface area (Å²) in [4.78, 5) is 12.6. The number of hydrogen-bond acceptors (Lipinski definition) is 2. The number of carbonyl (C=O) groups excluding carboxylic acids is 1. The number of rotatable bonds is 2. The van der Waals surface area contributed by atoms with Crippen LogP contribution in [0, 0.1) is 20.8 Å². The van der Waals surface area contributed by atoms with E-state index in [1.807, 2.05) is 32.9 Å². The number of aryl methyl sites for hydroxylation is 3. The van der Waals surface area contributed by atoms with Crippen molar-refractivity contribution in [2.75, 3.05) is 0 Å². The van der Waals surface area contributed by atoms with Gasteiger partial charge in [0, 0.05) is 5.56 Å². The molecule has 2 nitrogen and oxygen atoms in total. The standard InChI is InChI=1S/C16H22O2/c1-11-9-13(3)14(10-12(11)2)15(17)16(18)7-5-4-6-8-16/h9-10,18H,4-8H2,1-3H3. The Labute approximate surface area is 109 Å². The molecular weight excluding hydrogens is 224 g/mol. The molecule has 1 aromatic carbocycles. The molecule has 1 saturated carbocycles. The van der Waals surface area contributed by atoms with Gasteiger partial charge in [-0.25, -0.2) is 0 Å². The molecule has 0 aliphatic heterocycles. The van der Waals surface area contributed by atoms with E-state index in [-0.39, 0.29) is 5.78 Å². The number of carbonyl (C=O) groups is 1. The molecule has 0 amide bonds. The van der Waals surface area contributed by atoms with Crippen LogP contribution in [0.3, 0.4) is 0 Å². The zero-order valence-electron chi connectivity index (χ0n) is 11.5. The molecule has 1 aliphatic carbocycles. The molecule has 98 valence electrons. The summed E-state index contributed by atoms with van der Waals surface area (Å²) < 4.78 is 0. The predicted octanol–water partition coefficient (Wildman–Crippen LogP) is 3.49. The van der Waals surface area contributed by atoms with Crippen LogP contribution >= 0.6 is 0 Å². The molecule has 0 heterocycles. The highest BCUT2D eigenvalue weighted by Gasteiger charge is 2.38. The molecule has 1 N–H and O–H groups in total. The number of Topliss-reactive ketones (excluding diaryl/α,β-unsaturated/α-hetero) is 1. The van der Waals surface area contributed by atoms with E-state index >= 15 is 0 Å². The molecule has 0 radical (unpaired) electrons. The molecule has 0 aromatic heterocycles. The third kappa shape index (κ3) is 2.35. The van der Waals surface area contributed by atoms with E-state index in [9.17, 15) is 9.90 Å². The van der Waals surface area contributed by atoms with Gasteiger partial charge in [-0.3, -0.25) is 4.79 Å². The fourth-order valence-corrected chi connectivity index (χ4v) is 2.82. The topological polar surface area (TPSA) is 37.3 Å². The average Bonchev–Trinajstić information content (AvgIpc) is 2.34. The van der Waals surface area contributed by atoms with Gasteiger partial charge in [-0.05, 0) is 56.4 Å². The molecule has 1 aromatic rings. The van der Waals surface area contributed by atoms with Crippen molar-refractivity contribution in [1.29, 1.82) is 0 Å². The van der Waals surface area contributed by atoms with Crippen molar-refractivity contribution in [2.45, 2.75) is 58.5 Å². The maximum absolute atomic E-state index is 12.6. The summed E-state index contributed by atoms with van der Waals surface area (Å²) in [5, 5.41) is 10.5. The smallest absolute Gasteiger partial charge is 0.194 e. The zero-order valence-corrected chi connectivity index (χ0v) is 11.5. The van der Waals surface area contributed by atoms with E-state index in [1.54, 1.807) is 0 Å². The van der Waals surface area contributed by atoms with Crippen LogP contribution in [0.25, 0.3) is 0 Å². The van der Waals surface area contributed by atoms with E-state index in [0.717, 1.165) is 30.4 Å². The van der Waals surface area contributed by atoms with Crippen LogP contribution in [-0.2, 0) is 0 Å². The lowest BCUT2D eigenvalue weighted by atomic mass is 9.78. The van der Waals surface area contributed by atoms with Crippen LogP contribution in [0.5, 0.6) is 0 Å². The Morgan fingerprint density at radius 1 is 1.00 bits per heavy atom. The lowest BCUT2D eigenvalue weighted by Gasteiger charge is -2.31. The van der Waals surface area contributed by atoms with Gasteiger partial charge >= 0.3 is 0 Å². The highest BCUT2D eigenvalue weighted by Crippen LogP contribution is 2.32. The van der Waals surface area contributed by atoms with Crippen LogP contribution in [0.2, 0.25) is 0 Å². The summed E-state index contributed by atoms with van der Waals surface area (Å²) in [5.41, 5.74) is 2.86. The summed E-state index contributed by atoms with van der Waals surface area (Å²) in [5.74, 6) is -0.0807. The highest BCUT2D eigenvalue weighted by molar-refractivity contribution is 6.03. The molecule has 1 aliphatic rings. The number of hydrogen-bond donors (Lipinski definition) is 1. The first-order valence-electron chi connectivity index (χ1n) is 6.79. The first kappa shape index (κ1) is 13.3. The van der Waals surface area contributed by atoms with Crippen molar-refractivity contribution < 1.29 is 9.90 Å². The molecular formula is C16H22O2. The van der Waals surface area contributed by atoms with Gasteiger partial charge in [-0.15, -0.1) is 0 Å². The minimum absolute atomic E-state index is 0.0807. The van der Waals surface area contributed by atoms with Crippen LogP contribution in [-0.4, -0.2) is 16.5 Å². The summed E-state index contributed by atoms with van der Waals surface area (Å²) >= 11 is 0. The minimum Gasteiger partial charge on any atom is -0.382 e. The minimum atomic E-state index is -1.12. The number of aliphatic hydroxyl groups is 1. The summed E-state index contributed by atoms with van der Waals surface area (Å²) in [6.45, 7) is 6.01. The maximum Gasteiger partial charge on any atom is 0.194 e. The van der Waals surface area contributed by atoms with Crippen molar-refractivity contribution in [1.82, 2.24) is 0 Å². The van der Waals surface area contributed by atoms with E-state index in [2.05, 4.69) is 0 Å². The second-order valence-electron chi connectivity index (χ2n) is 5.67. The van der Waals surface area contributed by atoms with Gasteiger partial charge in [0.25, 0.3) is 0 Å². The molecule has 1 fully saturated rings. The van der Waals surface area contributed by atoms with E-state index in [0.29, 0.717) is 18.4 Å². The first-order valence-corrected chi connectivity index (χ1v) is 6.79. The van der Waals surface area contributed by atoms with Gasteiger partial charge in [-0.1, -0.05) is 25.3 Å². The van der Waals surface area contributed by atoms with E-state index < -0.39 is 5.60 Å². The van der Waals surface area contributed by atoms with Crippen LogP contribution in [0.4, 0.5) is 0 Å². The number of benzene rings is 1. The normalized spacial score (nSPS) is 18.7. The van der Waals surface area contributed by atoms with Gasteiger partial charge < -0.3 is 5.11 Å². The second kappa shape index (κ2) is 4.85. The lowest BCUT2D eigenvalue weighted by Crippen LogP contribution is -2.40. The van der Waals surface area contributed by atoms with Gasteiger partial charge in [0.15, 0.2) is 5.78 Å². The highest BCUT2D eigenvalue weighted by atomic mass is 16.3. The Bertz CT molecular complexity index is 468. The SMILES string of the molecule is Cc1cc(C)c(C(=O)C2(O)CCCCC2)cc1C. The molecule has 2 heteroatoms. The van der Waals surface area contributed by atoms with Gasteiger partial charge in [-0.2, -0.15) is 0 Å². The van der Waals surface area contributed by atoms with Gasteiger partial charge in [0.05, 0.1) is 0 Å². The fourth-order valence-electron chi connectivity index (χ4n) is 2.82. The number of ketones is 1. The predicted molar refractivity (Wildman–Crippen MR) is 73.0 cm³/mol. The molecule has 0 spiro atoms. The molecule has 2 rings (SSSR count). The maximum atomic E-state index is 12.6. The van der Waals surface area contributed by atoms with Crippen molar-refractivity contribution in [2.24, 2.45) is 0 Å². The third-order valence-corrected chi connectivity index (χ3v) is 4.19. The van der Waals surface area contributed by atoms with Gasteiger partial charge in [0.2, 0.25) is 0 Å². The Kier molecular flexibility index (Phi) is 3.58. The Morgan fingerprint density at radius 2 is 1.56 bits per heavy atom. The average molecular weight is 246 g/mol. The molecule has 0 bridgehead atoms. The fraction of sp³-hybridized carbons (Fsp3) is 0.562. The van der Waals surface area contributed by atoms with Gasteiger partial charge in [0.1, 0.15) is 5.60 Å². The molecule has 0 saturated heterocycles. The molecule has 0 atom stereocenters. The summed E-state index contributed by atoms with van der Waals surface area (Å²) in [6, 6.07) is 3.97. The van der Waals surface area contributed by atoms with E-state index in [4.69, 9.17) is 0 Å². The van der Waals surface area contributed by atoms with Crippen molar-refractivity contribution >= 4 is 5.78 Å². The van der Waals surface area contributed by atoms with Crippen molar-refractivity contribution in [3.05, 3.63) is 34.4 Å². The van der Waals surface area contributed by atoms with Crippen LogP contribution in [0.15, 0.2) is 12.1 Å². The first-order chi connectivity index (χ1) is 8.44. The molecule has 0 unspecified atom stereocenters.